The van der Waals surface area contributed by atoms with Gasteiger partial charge in [0.25, 0.3) is 0 Å². The number of hydrogen-bond acceptors (Lipinski definition) is 2. The van der Waals surface area contributed by atoms with Crippen molar-refractivity contribution in [1.29, 1.82) is 0 Å². The largest absolute Gasteiger partial charge is 0.389 e. The molecular formula is C10H17F3N2O. The van der Waals surface area contributed by atoms with Crippen molar-refractivity contribution in [2.24, 2.45) is 5.73 Å². The molecule has 0 atom stereocenters. The minimum absolute atomic E-state index is 0.296. The number of hydrogen-bond donors (Lipinski definition) is 2. The van der Waals surface area contributed by atoms with Gasteiger partial charge in [0.1, 0.15) is 0 Å². The number of nitrogens with two attached hydrogens (primary N) is 1. The summed E-state index contributed by atoms with van der Waals surface area (Å²) in [6, 6.07) is 0. The summed E-state index contributed by atoms with van der Waals surface area (Å²) in [5.41, 5.74) is 5.11. The summed E-state index contributed by atoms with van der Waals surface area (Å²) in [6.45, 7) is 0.296. The van der Waals surface area contributed by atoms with Crippen LogP contribution in [0.4, 0.5) is 13.2 Å². The van der Waals surface area contributed by atoms with E-state index in [9.17, 15) is 18.0 Å². The van der Waals surface area contributed by atoms with Crippen LogP contribution in [-0.2, 0) is 4.79 Å². The first-order chi connectivity index (χ1) is 7.37. The predicted molar refractivity (Wildman–Crippen MR) is 53.7 cm³/mol. The van der Waals surface area contributed by atoms with Gasteiger partial charge in [-0.15, -0.1) is 0 Å². The van der Waals surface area contributed by atoms with Crippen LogP contribution in [0.25, 0.3) is 0 Å². The third-order valence-corrected chi connectivity index (χ3v) is 2.99. The second kappa shape index (κ2) is 5.03. The van der Waals surface area contributed by atoms with E-state index in [2.05, 4.69) is 5.32 Å². The standard InChI is InChI=1S/C10H17F3N2O/c11-10(12,13)6-3-8(16)15-9(7-14)4-1-2-5-9/h1-7,14H2,(H,15,16). The second-order valence-electron chi connectivity index (χ2n) is 4.35. The van der Waals surface area contributed by atoms with Crippen LogP contribution in [0.3, 0.4) is 0 Å². The van der Waals surface area contributed by atoms with Crippen LogP contribution in [0, 0.1) is 0 Å². The van der Waals surface area contributed by atoms with Crippen molar-refractivity contribution in [3.63, 3.8) is 0 Å². The number of amides is 1. The molecule has 1 rings (SSSR count). The summed E-state index contributed by atoms with van der Waals surface area (Å²) in [5, 5.41) is 2.65. The average molecular weight is 238 g/mol. The summed E-state index contributed by atoms with van der Waals surface area (Å²) in [6.07, 6.45) is -2.39. The molecule has 94 valence electrons. The quantitative estimate of drug-likeness (QED) is 0.783. The van der Waals surface area contributed by atoms with E-state index >= 15 is 0 Å². The van der Waals surface area contributed by atoms with Gasteiger partial charge in [0.15, 0.2) is 0 Å². The molecule has 0 aromatic rings. The zero-order chi connectivity index (χ0) is 12.2. The van der Waals surface area contributed by atoms with Gasteiger partial charge in [-0.3, -0.25) is 4.79 Å². The third-order valence-electron chi connectivity index (χ3n) is 2.99. The molecule has 3 N–H and O–H groups in total. The molecule has 6 heteroatoms. The fraction of sp³-hybridized carbons (Fsp3) is 0.900. The molecular weight excluding hydrogens is 221 g/mol. The number of alkyl halides is 3. The number of rotatable bonds is 4. The smallest absolute Gasteiger partial charge is 0.349 e. The first kappa shape index (κ1) is 13.3. The number of carbonyl (C=O) groups is 1. The Kier molecular flexibility index (Phi) is 4.18. The fourth-order valence-electron chi connectivity index (χ4n) is 2.05. The Balaban J connectivity index is 2.38. The van der Waals surface area contributed by atoms with Crippen molar-refractivity contribution in [2.45, 2.75) is 50.2 Å². The maximum absolute atomic E-state index is 11.9. The summed E-state index contributed by atoms with van der Waals surface area (Å²) >= 11 is 0. The number of halogens is 3. The molecule has 0 radical (unpaired) electrons. The lowest BCUT2D eigenvalue weighted by Crippen LogP contribution is -2.51. The first-order valence-corrected chi connectivity index (χ1v) is 5.45. The molecule has 0 bridgehead atoms. The van der Waals surface area contributed by atoms with Crippen molar-refractivity contribution in [2.75, 3.05) is 6.54 Å². The molecule has 1 amide bonds. The molecule has 0 aromatic heterocycles. The predicted octanol–water partition coefficient (Wildman–Crippen LogP) is 1.72. The van der Waals surface area contributed by atoms with E-state index in [0.29, 0.717) is 6.54 Å². The van der Waals surface area contributed by atoms with Crippen molar-refractivity contribution in [1.82, 2.24) is 5.32 Å². The topological polar surface area (TPSA) is 55.1 Å². The molecule has 0 aliphatic heterocycles. The maximum atomic E-state index is 11.9. The molecule has 0 spiro atoms. The molecule has 0 unspecified atom stereocenters. The summed E-state index contributed by atoms with van der Waals surface area (Å²) < 4.78 is 35.7. The zero-order valence-electron chi connectivity index (χ0n) is 9.07. The van der Waals surface area contributed by atoms with Crippen LogP contribution in [0.5, 0.6) is 0 Å². The average Bonchev–Trinajstić information content (AvgIpc) is 2.63. The fourth-order valence-corrected chi connectivity index (χ4v) is 2.05. The van der Waals surface area contributed by atoms with E-state index in [1.54, 1.807) is 0 Å². The van der Waals surface area contributed by atoms with Gasteiger partial charge in [-0.1, -0.05) is 12.8 Å². The highest BCUT2D eigenvalue weighted by atomic mass is 19.4. The minimum atomic E-state index is -4.27. The molecule has 1 fully saturated rings. The highest BCUT2D eigenvalue weighted by Crippen LogP contribution is 2.29. The van der Waals surface area contributed by atoms with Crippen molar-refractivity contribution in [3.8, 4) is 0 Å². The normalized spacial score (nSPS) is 19.8. The SMILES string of the molecule is NCC1(NC(=O)CCC(F)(F)F)CCCC1. The molecule has 1 saturated carbocycles. The summed E-state index contributed by atoms with van der Waals surface area (Å²) in [4.78, 5) is 11.3. The lowest BCUT2D eigenvalue weighted by Gasteiger charge is -2.28. The number of nitrogens with one attached hydrogen (secondary N) is 1. The van der Waals surface area contributed by atoms with Gasteiger partial charge in [0.05, 0.1) is 12.0 Å². The van der Waals surface area contributed by atoms with Gasteiger partial charge in [-0.05, 0) is 12.8 Å². The Labute approximate surface area is 92.6 Å². The monoisotopic (exact) mass is 238 g/mol. The number of carbonyl (C=O) groups excluding carboxylic acids is 1. The van der Waals surface area contributed by atoms with E-state index in [1.165, 1.54) is 0 Å². The molecule has 0 heterocycles. The van der Waals surface area contributed by atoms with E-state index < -0.39 is 30.5 Å². The molecule has 1 aliphatic carbocycles. The van der Waals surface area contributed by atoms with E-state index in [1.807, 2.05) is 0 Å². The van der Waals surface area contributed by atoms with Gasteiger partial charge in [0.2, 0.25) is 5.91 Å². The third kappa shape index (κ3) is 4.00. The lowest BCUT2D eigenvalue weighted by atomic mass is 9.97. The van der Waals surface area contributed by atoms with Crippen LogP contribution >= 0.6 is 0 Å². The van der Waals surface area contributed by atoms with Crippen LogP contribution in [-0.4, -0.2) is 24.2 Å². The van der Waals surface area contributed by atoms with Crippen LogP contribution in [0.15, 0.2) is 0 Å². The van der Waals surface area contributed by atoms with Gasteiger partial charge in [-0.2, -0.15) is 13.2 Å². The Morgan fingerprint density at radius 2 is 1.88 bits per heavy atom. The van der Waals surface area contributed by atoms with Crippen molar-refractivity contribution < 1.29 is 18.0 Å². The Morgan fingerprint density at radius 1 is 1.31 bits per heavy atom. The van der Waals surface area contributed by atoms with Crippen LogP contribution < -0.4 is 11.1 Å². The molecule has 3 nitrogen and oxygen atoms in total. The van der Waals surface area contributed by atoms with E-state index in [4.69, 9.17) is 5.73 Å². The molecule has 1 aliphatic rings. The molecule has 16 heavy (non-hydrogen) atoms. The summed E-state index contributed by atoms with van der Waals surface area (Å²) in [7, 11) is 0. The van der Waals surface area contributed by atoms with Gasteiger partial charge >= 0.3 is 6.18 Å². The summed E-state index contributed by atoms with van der Waals surface area (Å²) in [5.74, 6) is -0.551. The Morgan fingerprint density at radius 3 is 2.31 bits per heavy atom. The van der Waals surface area contributed by atoms with E-state index in [0.717, 1.165) is 25.7 Å². The highest BCUT2D eigenvalue weighted by Gasteiger charge is 2.35. The minimum Gasteiger partial charge on any atom is -0.349 e. The van der Waals surface area contributed by atoms with Crippen molar-refractivity contribution >= 4 is 5.91 Å². The van der Waals surface area contributed by atoms with Crippen LogP contribution in [0.1, 0.15) is 38.5 Å². The lowest BCUT2D eigenvalue weighted by molar-refractivity contribution is -0.144. The second-order valence-corrected chi connectivity index (χ2v) is 4.35. The van der Waals surface area contributed by atoms with Gasteiger partial charge in [-0.25, -0.2) is 0 Å². The maximum Gasteiger partial charge on any atom is 0.389 e. The van der Waals surface area contributed by atoms with Crippen molar-refractivity contribution in [3.05, 3.63) is 0 Å². The van der Waals surface area contributed by atoms with E-state index in [-0.39, 0.29) is 0 Å². The highest BCUT2D eigenvalue weighted by molar-refractivity contribution is 5.76. The molecule has 0 aromatic carbocycles. The Hall–Kier alpha value is -0.780. The molecule has 0 saturated heterocycles. The van der Waals surface area contributed by atoms with Crippen LogP contribution in [0.2, 0.25) is 0 Å². The van der Waals surface area contributed by atoms with Gasteiger partial charge < -0.3 is 11.1 Å². The Bertz CT molecular complexity index is 247. The van der Waals surface area contributed by atoms with Gasteiger partial charge in [0, 0.05) is 13.0 Å². The first-order valence-electron chi connectivity index (χ1n) is 5.45. The zero-order valence-corrected chi connectivity index (χ0v) is 9.07.